The SMILES string of the molecule is CC(C(=O)Nc1cn(C)nc1C(=O)NCc1ccco1)n1ccc(C(=O)O)n1. The quantitative estimate of drug-likeness (QED) is 0.550. The Kier molecular flexibility index (Phi) is 5.25. The Balaban J connectivity index is 1.70. The predicted molar refractivity (Wildman–Crippen MR) is 95.6 cm³/mol. The summed E-state index contributed by atoms with van der Waals surface area (Å²) in [7, 11) is 1.62. The number of aromatic nitrogens is 4. The van der Waals surface area contributed by atoms with Gasteiger partial charge in [-0.05, 0) is 25.1 Å². The standard InChI is InChI=1S/C17H18N6O5/c1-10(23-6-5-12(20-23)17(26)27)15(24)19-13-9-22(2)21-14(13)16(25)18-8-11-4-3-7-28-11/h3-7,9-10H,8H2,1-2H3,(H,18,25)(H,19,24)(H,26,27). The number of aromatic carboxylic acids is 1. The summed E-state index contributed by atoms with van der Waals surface area (Å²) in [5.74, 6) is -1.56. The normalized spacial score (nSPS) is 11.8. The molecular weight excluding hydrogens is 368 g/mol. The van der Waals surface area contributed by atoms with Gasteiger partial charge in [0, 0.05) is 19.4 Å². The Morgan fingerprint density at radius 1 is 1.29 bits per heavy atom. The van der Waals surface area contributed by atoms with Gasteiger partial charge in [-0.3, -0.25) is 19.0 Å². The average molecular weight is 386 g/mol. The lowest BCUT2D eigenvalue weighted by molar-refractivity contribution is -0.119. The Morgan fingerprint density at radius 3 is 2.71 bits per heavy atom. The van der Waals surface area contributed by atoms with Crippen LogP contribution < -0.4 is 10.6 Å². The van der Waals surface area contributed by atoms with Gasteiger partial charge >= 0.3 is 5.97 Å². The zero-order valence-corrected chi connectivity index (χ0v) is 15.1. The van der Waals surface area contributed by atoms with Crippen molar-refractivity contribution in [1.29, 1.82) is 0 Å². The van der Waals surface area contributed by atoms with E-state index in [0.717, 1.165) is 0 Å². The molecule has 0 aliphatic rings. The molecule has 3 aromatic rings. The van der Waals surface area contributed by atoms with Crippen molar-refractivity contribution in [1.82, 2.24) is 24.9 Å². The van der Waals surface area contributed by atoms with E-state index in [1.807, 2.05) is 0 Å². The van der Waals surface area contributed by atoms with Crippen molar-refractivity contribution >= 4 is 23.5 Å². The van der Waals surface area contributed by atoms with E-state index in [-0.39, 0.29) is 23.6 Å². The van der Waals surface area contributed by atoms with Crippen LogP contribution in [-0.2, 0) is 18.4 Å². The van der Waals surface area contributed by atoms with Gasteiger partial charge in [-0.15, -0.1) is 0 Å². The van der Waals surface area contributed by atoms with Gasteiger partial charge in [0.25, 0.3) is 5.91 Å². The second-order valence-corrected chi connectivity index (χ2v) is 5.98. The van der Waals surface area contributed by atoms with Crippen molar-refractivity contribution in [2.75, 3.05) is 5.32 Å². The maximum Gasteiger partial charge on any atom is 0.356 e. The molecule has 3 heterocycles. The van der Waals surface area contributed by atoms with Gasteiger partial charge in [-0.25, -0.2) is 4.79 Å². The molecule has 0 fully saturated rings. The number of furan rings is 1. The molecule has 28 heavy (non-hydrogen) atoms. The number of anilines is 1. The summed E-state index contributed by atoms with van der Waals surface area (Å²) in [5.41, 5.74) is 0.0993. The second-order valence-electron chi connectivity index (χ2n) is 5.98. The molecule has 0 bridgehead atoms. The fraction of sp³-hybridized carbons (Fsp3) is 0.235. The average Bonchev–Trinajstić information content (AvgIpc) is 3.40. The summed E-state index contributed by atoms with van der Waals surface area (Å²) in [5, 5.41) is 22.1. The largest absolute Gasteiger partial charge is 0.476 e. The number of rotatable bonds is 7. The van der Waals surface area contributed by atoms with E-state index in [1.54, 1.807) is 26.1 Å². The topological polar surface area (TPSA) is 144 Å². The first kappa shape index (κ1) is 18.9. The Bertz CT molecular complexity index is 1000. The molecule has 2 amide bonds. The first-order chi connectivity index (χ1) is 13.3. The summed E-state index contributed by atoms with van der Waals surface area (Å²) in [6.07, 6.45) is 4.40. The van der Waals surface area contributed by atoms with Crippen LogP contribution >= 0.6 is 0 Å². The third-order valence-electron chi connectivity index (χ3n) is 3.91. The number of amides is 2. The van der Waals surface area contributed by atoms with Crippen molar-refractivity contribution in [3.05, 3.63) is 54.0 Å². The zero-order chi connectivity index (χ0) is 20.3. The lowest BCUT2D eigenvalue weighted by Crippen LogP contribution is -2.27. The van der Waals surface area contributed by atoms with Gasteiger partial charge in [0.15, 0.2) is 11.4 Å². The number of nitrogens with one attached hydrogen (secondary N) is 2. The molecule has 0 saturated carbocycles. The van der Waals surface area contributed by atoms with E-state index >= 15 is 0 Å². The predicted octanol–water partition coefficient (Wildman–Crippen LogP) is 1.04. The van der Waals surface area contributed by atoms with Crippen molar-refractivity contribution in [2.24, 2.45) is 7.05 Å². The third kappa shape index (κ3) is 4.09. The van der Waals surface area contributed by atoms with E-state index in [1.165, 1.54) is 34.1 Å². The molecule has 1 atom stereocenters. The number of carbonyl (C=O) groups is 3. The van der Waals surface area contributed by atoms with E-state index in [4.69, 9.17) is 9.52 Å². The minimum absolute atomic E-state index is 0.0429. The fourth-order valence-corrected chi connectivity index (χ4v) is 2.44. The molecule has 3 N–H and O–H groups in total. The number of hydrogen-bond donors (Lipinski definition) is 3. The van der Waals surface area contributed by atoms with E-state index < -0.39 is 23.8 Å². The number of aryl methyl sites for hydroxylation is 1. The minimum Gasteiger partial charge on any atom is -0.476 e. The van der Waals surface area contributed by atoms with Crippen LogP contribution in [0.1, 0.15) is 39.7 Å². The van der Waals surface area contributed by atoms with Crippen molar-refractivity contribution < 1.29 is 23.9 Å². The molecular formula is C17H18N6O5. The molecule has 0 radical (unpaired) electrons. The number of carbonyl (C=O) groups excluding carboxylic acids is 2. The molecule has 146 valence electrons. The van der Waals surface area contributed by atoms with Crippen LogP contribution in [0.3, 0.4) is 0 Å². The summed E-state index contributed by atoms with van der Waals surface area (Å²) in [6, 6.07) is 3.93. The molecule has 0 aliphatic carbocycles. The van der Waals surface area contributed by atoms with Gasteiger partial charge in [0.2, 0.25) is 5.91 Å². The Morgan fingerprint density at radius 2 is 2.07 bits per heavy atom. The Hall–Kier alpha value is -3.89. The molecule has 0 saturated heterocycles. The number of carboxylic acids is 1. The molecule has 1 unspecified atom stereocenters. The first-order valence-electron chi connectivity index (χ1n) is 8.28. The molecule has 11 heteroatoms. The van der Waals surface area contributed by atoms with E-state index in [0.29, 0.717) is 5.76 Å². The van der Waals surface area contributed by atoms with Crippen LogP contribution in [0.15, 0.2) is 41.3 Å². The van der Waals surface area contributed by atoms with E-state index in [2.05, 4.69) is 20.8 Å². The maximum atomic E-state index is 12.5. The lowest BCUT2D eigenvalue weighted by Gasteiger charge is -2.12. The van der Waals surface area contributed by atoms with Crippen molar-refractivity contribution in [2.45, 2.75) is 19.5 Å². The van der Waals surface area contributed by atoms with Gasteiger partial charge in [-0.1, -0.05) is 0 Å². The third-order valence-corrected chi connectivity index (χ3v) is 3.91. The number of carboxylic acid groups (broad SMARTS) is 1. The molecule has 0 aromatic carbocycles. The highest BCUT2D eigenvalue weighted by atomic mass is 16.4. The van der Waals surface area contributed by atoms with Crippen molar-refractivity contribution in [3.8, 4) is 0 Å². The van der Waals surface area contributed by atoms with Crippen LogP contribution in [0.5, 0.6) is 0 Å². The van der Waals surface area contributed by atoms with Crippen LogP contribution in [0.2, 0.25) is 0 Å². The van der Waals surface area contributed by atoms with Gasteiger partial charge < -0.3 is 20.2 Å². The van der Waals surface area contributed by atoms with Crippen LogP contribution in [0.4, 0.5) is 5.69 Å². The number of nitrogens with zero attached hydrogens (tertiary/aromatic N) is 4. The second kappa shape index (κ2) is 7.78. The maximum absolute atomic E-state index is 12.5. The molecule has 0 spiro atoms. The van der Waals surface area contributed by atoms with Crippen molar-refractivity contribution in [3.63, 3.8) is 0 Å². The van der Waals surface area contributed by atoms with Gasteiger partial charge in [-0.2, -0.15) is 10.2 Å². The lowest BCUT2D eigenvalue weighted by atomic mass is 10.3. The zero-order valence-electron chi connectivity index (χ0n) is 15.1. The summed E-state index contributed by atoms with van der Waals surface area (Å²) >= 11 is 0. The summed E-state index contributed by atoms with van der Waals surface area (Å²) < 4.78 is 7.79. The summed E-state index contributed by atoms with van der Waals surface area (Å²) in [6.45, 7) is 1.73. The fourth-order valence-electron chi connectivity index (χ4n) is 2.44. The van der Waals surface area contributed by atoms with Crippen LogP contribution in [0.25, 0.3) is 0 Å². The summed E-state index contributed by atoms with van der Waals surface area (Å²) in [4.78, 5) is 35.9. The van der Waals surface area contributed by atoms with Crippen LogP contribution in [-0.4, -0.2) is 42.5 Å². The number of hydrogen-bond acceptors (Lipinski definition) is 6. The molecule has 0 aliphatic heterocycles. The van der Waals surface area contributed by atoms with Gasteiger partial charge in [0.05, 0.1) is 18.5 Å². The first-order valence-corrected chi connectivity index (χ1v) is 8.28. The van der Waals surface area contributed by atoms with E-state index in [9.17, 15) is 14.4 Å². The highest BCUT2D eigenvalue weighted by Gasteiger charge is 2.22. The highest BCUT2D eigenvalue weighted by molar-refractivity contribution is 6.03. The molecule has 3 aromatic heterocycles. The van der Waals surface area contributed by atoms with Crippen LogP contribution in [0, 0.1) is 0 Å². The minimum atomic E-state index is -1.19. The van der Waals surface area contributed by atoms with Gasteiger partial charge in [0.1, 0.15) is 11.8 Å². The highest BCUT2D eigenvalue weighted by Crippen LogP contribution is 2.16. The monoisotopic (exact) mass is 386 g/mol. The Labute approximate surface area is 158 Å². The molecule has 11 nitrogen and oxygen atoms in total. The molecule has 3 rings (SSSR count). The smallest absolute Gasteiger partial charge is 0.356 e.